The zero-order valence-electron chi connectivity index (χ0n) is 8.46. The van der Waals surface area contributed by atoms with Crippen LogP contribution in [0.25, 0.3) is 11.3 Å². The first-order valence-corrected chi connectivity index (χ1v) is 6.42. The van der Waals surface area contributed by atoms with E-state index in [2.05, 4.69) is 11.2 Å². The van der Waals surface area contributed by atoms with Gasteiger partial charge in [0.2, 0.25) is 0 Å². The van der Waals surface area contributed by atoms with Crippen molar-refractivity contribution in [3.05, 3.63) is 48.7 Å². The van der Waals surface area contributed by atoms with Crippen molar-refractivity contribution >= 4 is 9.84 Å². The Bertz CT molecular complexity index is 572. The molecule has 0 spiro atoms. The zero-order valence-corrected chi connectivity index (χ0v) is 9.28. The number of hydrogen-bond donors (Lipinski definition) is 0. The molecule has 0 N–H and O–H groups in total. The van der Waals surface area contributed by atoms with Crippen LogP contribution in [0.1, 0.15) is 5.69 Å². The molecule has 16 heavy (non-hydrogen) atoms. The minimum Gasteiger partial charge on any atom is -0.443 e. The minimum atomic E-state index is -3.35. The second-order valence-corrected chi connectivity index (χ2v) is 5.16. The van der Waals surface area contributed by atoms with Crippen LogP contribution >= 0.6 is 0 Å². The Morgan fingerprint density at radius 3 is 2.56 bits per heavy atom. The topological polar surface area (TPSA) is 60.2 Å². The summed E-state index contributed by atoms with van der Waals surface area (Å²) >= 11 is 0. The SMILES string of the molecule is [CH2]S(=O)(=O)Cc1ncoc1-c1ccccc1. The quantitative estimate of drug-likeness (QED) is 0.818. The highest BCUT2D eigenvalue weighted by Crippen LogP contribution is 2.23. The maximum absolute atomic E-state index is 11.1. The molecule has 0 aliphatic rings. The smallest absolute Gasteiger partial charge is 0.181 e. The van der Waals surface area contributed by atoms with Crippen molar-refractivity contribution in [2.45, 2.75) is 5.75 Å². The van der Waals surface area contributed by atoms with Gasteiger partial charge in [-0.3, -0.25) is 0 Å². The minimum absolute atomic E-state index is 0.215. The predicted molar refractivity (Wildman–Crippen MR) is 59.9 cm³/mol. The molecular formula is C11H10NO3S. The molecule has 1 radical (unpaired) electrons. The summed E-state index contributed by atoms with van der Waals surface area (Å²) < 4.78 is 27.4. The molecule has 0 aliphatic heterocycles. The van der Waals surface area contributed by atoms with Crippen molar-refractivity contribution in [2.24, 2.45) is 0 Å². The maximum Gasteiger partial charge on any atom is 0.181 e. The lowest BCUT2D eigenvalue weighted by Gasteiger charge is -1.99. The summed E-state index contributed by atoms with van der Waals surface area (Å²) in [6, 6.07) is 9.23. The molecule has 1 aromatic heterocycles. The van der Waals surface area contributed by atoms with E-state index in [1.54, 1.807) is 0 Å². The molecule has 0 fully saturated rings. The second-order valence-electron chi connectivity index (χ2n) is 3.38. The molecule has 4 nitrogen and oxygen atoms in total. The van der Waals surface area contributed by atoms with Crippen molar-refractivity contribution in [3.8, 4) is 11.3 Å². The van der Waals surface area contributed by atoms with Crippen LogP contribution < -0.4 is 0 Å². The largest absolute Gasteiger partial charge is 0.443 e. The van der Waals surface area contributed by atoms with Gasteiger partial charge >= 0.3 is 0 Å². The van der Waals surface area contributed by atoms with E-state index >= 15 is 0 Å². The maximum atomic E-state index is 11.1. The van der Waals surface area contributed by atoms with E-state index in [0.717, 1.165) is 5.56 Å². The van der Waals surface area contributed by atoms with E-state index in [-0.39, 0.29) is 5.75 Å². The van der Waals surface area contributed by atoms with Crippen LogP contribution in [0.2, 0.25) is 0 Å². The van der Waals surface area contributed by atoms with Crippen LogP contribution in [0, 0.1) is 6.26 Å². The van der Waals surface area contributed by atoms with Gasteiger partial charge < -0.3 is 4.42 Å². The third-order valence-corrected chi connectivity index (χ3v) is 2.75. The number of hydrogen-bond acceptors (Lipinski definition) is 4. The van der Waals surface area contributed by atoms with E-state index in [9.17, 15) is 8.42 Å². The molecule has 0 saturated heterocycles. The Hall–Kier alpha value is -1.62. The van der Waals surface area contributed by atoms with Gasteiger partial charge in [0.15, 0.2) is 22.0 Å². The van der Waals surface area contributed by atoms with Gasteiger partial charge in [-0.25, -0.2) is 13.4 Å². The summed E-state index contributed by atoms with van der Waals surface area (Å²) in [7, 11) is -3.35. The fraction of sp³-hybridized carbons (Fsp3) is 0.0909. The lowest BCUT2D eigenvalue weighted by atomic mass is 10.1. The van der Waals surface area contributed by atoms with E-state index in [0.29, 0.717) is 11.5 Å². The van der Waals surface area contributed by atoms with Gasteiger partial charge in [0.25, 0.3) is 0 Å². The number of sulfone groups is 1. The summed E-state index contributed by atoms with van der Waals surface area (Å²) in [5.41, 5.74) is 1.19. The van der Waals surface area contributed by atoms with Crippen molar-refractivity contribution in [2.75, 3.05) is 0 Å². The Morgan fingerprint density at radius 1 is 1.25 bits per heavy atom. The van der Waals surface area contributed by atoms with Crippen LogP contribution in [0.3, 0.4) is 0 Å². The normalized spacial score (nSPS) is 11.6. The Labute approximate surface area is 93.9 Å². The summed E-state index contributed by atoms with van der Waals surface area (Å²) in [5, 5.41) is 0. The summed E-state index contributed by atoms with van der Waals surface area (Å²) in [6.07, 6.45) is 4.31. The van der Waals surface area contributed by atoms with Crippen molar-refractivity contribution < 1.29 is 12.8 Å². The summed E-state index contributed by atoms with van der Waals surface area (Å²) in [6.45, 7) is 0. The van der Waals surface area contributed by atoms with Gasteiger partial charge in [0, 0.05) is 5.56 Å². The van der Waals surface area contributed by atoms with Gasteiger partial charge in [-0.15, -0.1) is 0 Å². The molecule has 0 amide bonds. The highest BCUT2D eigenvalue weighted by Gasteiger charge is 2.15. The number of nitrogens with zero attached hydrogens (tertiary/aromatic N) is 1. The highest BCUT2D eigenvalue weighted by molar-refractivity contribution is 7.91. The zero-order chi connectivity index (χ0) is 11.6. The van der Waals surface area contributed by atoms with Crippen LogP contribution in [-0.4, -0.2) is 13.4 Å². The molecule has 1 aromatic carbocycles. The molecule has 0 bridgehead atoms. The molecule has 0 atom stereocenters. The summed E-state index contributed by atoms with van der Waals surface area (Å²) in [5.74, 6) is 0.265. The number of rotatable bonds is 3. The molecule has 83 valence electrons. The van der Waals surface area contributed by atoms with Crippen molar-refractivity contribution in [3.63, 3.8) is 0 Å². The Kier molecular flexibility index (Phi) is 2.78. The fourth-order valence-corrected chi connectivity index (χ4v) is 2.03. The number of oxazole rings is 1. The molecule has 5 heteroatoms. The average Bonchev–Trinajstić information content (AvgIpc) is 2.64. The Morgan fingerprint density at radius 2 is 1.94 bits per heavy atom. The van der Waals surface area contributed by atoms with Gasteiger partial charge in [0.05, 0.1) is 12.0 Å². The van der Waals surface area contributed by atoms with Crippen molar-refractivity contribution in [1.29, 1.82) is 0 Å². The molecule has 2 aromatic rings. The van der Waals surface area contributed by atoms with Crippen LogP contribution in [0.4, 0.5) is 0 Å². The highest BCUT2D eigenvalue weighted by atomic mass is 32.2. The van der Waals surface area contributed by atoms with E-state index in [1.807, 2.05) is 30.3 Å². The lowest BCUT2D eigenvalue weighted by Crippen LogP contribution is -1.99. The third kappa shape index (κ3) is 2.49. The first-order valence-electron chi connectivity index (χ1n) is 4.60. The van der Waals surface area contributed by atoms with Crippen LogP contribution in [0.15, 0.2) is 41.1 Å². The summed E-state index contributed by atoms with van der Waals surface area (Å²) in [4.78, 5) is 3.89. The molecule has 1 heterocycles. The lowest BCUT2D eigenvalue weighted by molar-refractivity contribution is 0.570. The monoisotopic (exact) mass is 236 g/mol. The molecule has 2 rings (SSSR count). The average molecular weight is 236 g/mol. The molecule has 0 saturated carbocycles. The molecule has 0 unspecified atom stereocenters. The van der Waals surface area contributed by atoms with E-state index < -0.39 is 9.84 Å². The van der Waals surface area contributed by atoms with E-state index in [1.165, 1.54) is 6.39 Å². The van der Waals surface area contributed by atoms with Gasteiger partial charge in [-0.2, -0.15) is 0 Å². The first kappa shape index (κ1) is 10.9. The number of aromatic nitrogens is 1. The van der Waals surface area contributed by atoms with Crippen LogP contribution in [-0.2, 0) is 15.6 Å². The standard InChI is InChI=1S/C11H10NO3S/c1-16(13,14)7-10-11(15-8-12-10)9-5-3-2-4-6-9/h2-6,8H,1,7H2. The molecule has 0 aliphatic carbocycles. The Balaban J connectivity index is 2.41. The number of benzene rings is 1. The van der Waals surface area contributed by atoms with Crippen LogP contribution in [0.5, 0.6) is 0 Å². The second kappa shape index (κ2) is 4.09. The van der Waals surface area contributed by atoms with Gasteiger partial charge in [-0.1, -0.05) is 30.3 Å². The fourth-order valence-electron chi connectivity index (χ4n) is 1.40. The predicted octanol–water partition coefficient (Wildman–Crippen LogP) is 2.05. The van der Waals surface area contributed by atoms with Crippen molar-refractivity contribution in [1.82, 2.24) is 4.98 Å². The van der Waals surface area contributed by atoms with Gasteiger partial charge in [-0.05, 0) is 0 Å². The van der Waals surface area contributed by atoms with E-state index in [4.69, 9.17) is 4.42 Å². The van der Waals surface area contributed by atoms with Gasteiger partial charge in [0.1, 0.15) is 5.69 Å². The first-order chi connectivity index (χ1) is 7.56. The third-order valence-electron chi connectivity index (χ3n) is 2.03. The molecular weight excluding hydrogens is 226 g/mol.